The standard InChI is InChI=1S/C17H26N2O2.ClH/c1-14-5-4-6-15(11-14)12-19(2)16(20)17(13-21-3)7-9-18-10-8-17;/h4-6,11,18H,7-10,12-13H2,1-3H3;1H. The van der Waals surface area contributed by atoms with Crippen LogP contribution >= 0.6 is 12.4 Å². The van der Waals surface area contributed by atoms with Crippen LogP contribution in [-0.2, 0) is 16.1 Å². The average molecular weight is 327 g/mol. The molecule has 1 amide bonds. The first-order valence-electron chi connectivity index (χ1n) is 7.58. The van der Waals surface area contributed by atoms with Crippen LogP contribution in [0.2, 0.25) is 0 Å². The third kappa shape index (κ3) is 4.45. The number of halogens is 1. The second-order valence-electron chi connectivity index (χ2n) is 6.11. The normalized spacial score (nSPS) is 16.7. The Balaban J connectivity index is 0.00000242. The van der Waals surface area contributed by atoms with Crippen LogP contribution in [0.25, 0.3) is 0 Å². The number of methoxy groups -OCH3 is 1. The van der Waals surface area contributed by atoms with Crippen molar-refractivity contribution in [2.45, 2.75) is 26.3 Å². The zero-order valence-electron chi connectivity index (χ0n) is 13.7. The number of rotatable bonds is 5. The summed E-state index contributed by atoms with van der Waals surface area (Å²) in [4.78, 5) is 14.8. The second-order valence-corrected chi connectivity index (χ2v) is 6.11. The summed E-state index contributed by atoms with van der Waals surface area (Å²) in [6, 6.07) is 8.32. The van der Waals surface area contributed by atoms with Gasteiger partial charge in [-0.15, -0.1) is 12.4 Å². The quantitative estimate of drug-likeness (QED) is 0.903. The summed E-state index contributed by atoms with van der Waals surface area (Å²) in [6.07, 6.45) is 1.69. The molecular weight excluding hydrogens is 300 g/mol. The lowest BCUT2D eigenvalue weighted by Gasteiger charge is -2.38. The molecule has 1 fully saturated rings. The number of amides is 1. The lowest BCUT2D eigenvalue weighted by Crippen LogP contribution is -2.50. The molecule has 1 aliphatic rings. The molecule has 4 nitrogen and oxygen atoms in total. The number of ether oxygens (including phenoxy) is 1. The molecule has 124 valence electrons. The van der Waals surface area contributed by atoms with Crippen LogP contribution < -0.4 is 5.32 Å². The number of nitrogens with one attached hydrogen (secondary N) is 1. The number of carbonyl (C=O) groups excluding carboxylic acids is 1. The number of benzene rings is 1. The maximum atomic E-state index is 12.9. The molecule has 0 radical (unpaired) electrons. The fourth-order valence-electron chi connectivity index (χ4n) is 3.16. The van der Waals surface area contributed by atoms with Crippen molar-refractivity contribution in [2.24, 2.45) is 5.41 Å². The Kier molecular flexibility index (Phi) is 7.33. The molecule has 0 unspecified atom stereocenters. The molecule has 1 aromatic carbocycles. The second kappa shape index (κ2) is 8.51. The Morgan fingerprint density at radius 1 is 1.36 bits per heavy atom. The van der Waals surface area contributed by atoms with Crippen molar-refractivity contribution in [3.63, 3.8) is 0 Å². The van der Waals surface area contributed by atoms with E-state index in [1.165, 1.54) is 11.1 Å². The van der Waals surface area contributed by atoms with Gasteiger partial charge in [0.15, 0.2) is 0 Å². The Bertz CT molecular complexity index is 482. The lowest BCUT2D eigenvalue weighted by atomic mass is 9.78. The van der Waals surface area contributed by atoms with Gasteiger partial charge < -0.3 is 15.0 Å². The van der Waals surface area contributed by atoms with Gasteiger partial charge in [0.25, 0.3) is 0 Å². The van der Waals surface area contributed by atoms with Crippen LogP contribution in [-0.4, -0.2) is 44.7 Å². The highest BCUT2D eigenvalue weighted by Gasteiger charge is 2.41. The predicted molar refractivity (Wildman–Crippen MR) is 91.3 cm³/mol. The van der Waals surface area contributed by atoms with Crippen molar-refractivity contribution >= 4 is 18.3 Å². The summed E-state index contributed by atoms with van der Waals surface area (Å²) in [5, 5.41) is 3.32. The molecule has 2 rings (SSSR count). The molecular formula is C17H27ClN2O2. The molecule has 1 saturated heterocycles. The van der Waals surface area contributed by atoms with E-state index >= 15 is 0 Å². The fraction of sp³-hybridized carbons (Fsp3) is 0.588. The highest BCUT2D eigenvalue weighted by molar-refractivity contribution is 5.85. The van der Waals surface area contributed by atoms with Crippen molar-refractivity contribution in [1.29, 1.82) is 0 Å². The third-order valence-corrected chi connectivity index (χ3v) is 4.28. The third-order valence-electron chi connectivity index (χ3n) is 4.28. The summed E-state index contributed by atoms with van der Waals surface area (Å²) in [5.41, 5.74) is 2.03. The van der Waals surface area contributed by atoms with Crippen LogP contribution in [0, 0.1) is 12.3 Å². The van der Waals surface area contributed by atoms with Crippen LogP contribution in [0.1, 0.15) is 24.0 Å². The molecule has 1 heterocycles. The van der Waals surface area contributed by atoms with Crippen LogP contribution in [0.5, 0.6) is 0 Å². The topological polar surface area (TPSA) is 41.6 Å². The van der Waals surface area contributed by atoms with Crippen LogP contribution in [0.3, 0.4) is 0 Å². The number of nitrogens with zero attached hydrogens (tertiary/aromatic N) is 1. The average Bonchev–Trinajstić information content (AvgIpc) is 2.47. The van der Waals surface area contributed by atoms with Gasteiger partial charge in [-0.2, -0.15) is 0 Å². The highest BCUT2D eigenvalue weighted by Crippen LogP contribution is 2.31. The van der Waals surface area contributed by atoms with E-state index in [0.29, 0.717) is 13.2 Å². The maximum Gasteiger partial charge on any atom is 0.231 e. The monoisotopic (exact) mass is 326 g/mol. The van der Waals surface area contributed by atoms with E-state index in [2.05, 4.69) is 30.4 Å². The van der Waals surface area contributed by atoms with Gasteiger partial charge in [-0.25, -0.2) is 0 Å². The summed E-state index contributed by atoms with van der Waals surface area (Å²) in [7, 11) is 3.57. The maximum absolute atomic E-state index is 12.9. The minimum Gasteiger partial charge on any atom is -0.384 e. The number of aryl methyl sites for hydroxylation is 1. The number of hydrogen-bond acceptors (Lipinski definition) is 3. The van der Waals surface area contributed by atoms with Crippen molar-refractivity contribution in [3.8, 4) is 0 Å². The van der Waals surface area contributed by atoms with E-state index in [4.69, 9.17) is 4.74 Å². The van der Waals surface area contributed by atoms with Crippen molar-refractivity contribution in [1.82, 2.24) is 10.2 Å². The summed E-state index contributed by atoms with van der Waals surface area (Å²) >= 11 is 0. The molecule has 1 aliphatic heterocycles. The SMILES string of the molecule is COCC1(C(=O)N(C)Cc2cccc(C)c2)CCNCC1.Cl. The lowest BCUT2D eigenvalue weighted by molar-refractivity contribution is -0.146. The molecule has 1 aromatic rings. The number of hydrogen-bond donors (Lipinski definition) is 1. The molecule has 5 heteroatoms. The van der Waals surface area contributed by atoms with Gasteiger partial charge in [0.1, 0.15) is 0 Å². The van der Waals surface area contributed by atoms with Crippen LogP contribution in [0.15, 0.2) is 24.3 Å². The van der Waals surface area contributed by atoms with Gasteiger partial charge >= 0.3 is 0 Å². The highest BCUT2D eigenvalue weighted by atomic mass is 35.5. The summed E-state index contributed by atoms with van der Waals surface area (Å²) in [6.45, 7) is 5.00. The molecule has 22 heavy (non-hydrogen) atoms. The molecule has 1 N–H and O–H groups in total. The number of carbonyl (C=O) groups is 1. The van der Waals surface area contributed by atoms with E-state index in [1.54, 1.807) is 7.11 Å². The van der Waals surface area contributed by atoms with E-state index in [1.807, 2.05) is 18.0 Å². The fourth-order valence-corrected chi connectivity index (χ4v) is 3.16. The van der Waals surface area contributed by atoms with E-state index in [-0.39, 0.29) is 23.7 Å². The minimum absolute atomic E-state index is 0. The Morgan fingerprint density at radius 3 is 2.64 bits per heavy atom. The van der Waals surface area contributed by atoms with Gasteiger partial charge in [-0.05, 0) is 38.4 Å². The van der Waals surface area contributed by atoms with Crippen molar-refractivity contribution in [2.75, 3.05) is 33.9 Å². The Morgan fingerprint density at radius 2 is 2.05 bits per heavy atom. The van der Waals surface area contributed by atoms with Gasteiger partial charge in [0.2, 0.25) is 5.91 Å². The predicted octanol–water partition coefficient (Wildman–Crippen LogP) is 2.39. The van der Waals surface area contributed by atoms with E-state index < -0.39 is 0 Å². The Hall–Kier alpha value is -1.10. The van der Waals surface area contributed by atoms with Gasteiger partial charge in [-0.1, -0.05) is 29.8 Å². The first kappa shape index (κ1) is 18.9. The molecule has 0 aliphatic carbocycles. The first-order chi connectivity index (χ1) is 10.1. The van der Waals surface area contributed by atoms with E-state index in [9.17, 15) is 4.79 Å². The Labute approximate surface area is 139 Å². The zero-order valence-corrected chi connectivity index (χ0v) is 14.5. The van der Waals surface area contributed by atoms with Gasteiger partial charge in [0, 0.05) is 20.7 Å². The van der Waals surface area contributed by atoms with Crippen molar-refractivity contribution < 1.29 is 9.53 Å². The molecule has 0 bridgehead atoms. The zero-order chi connectivity index (χ0) is 15.3. The van der Waals surface area contributed by atoms with Gasteiger partial charge in [0.05, 0.1) is 12.0 Å². The molecule has 0 atom stereocenters. The van der Waals surface area contributed by atoms with Gasteiger partial charge in [-0.3, -0.25) is 4.79 Å². The molecule has 0 aromatic heterocycles. The molecule has 0 spiro atoms. The summed E-state index contributed by atoms with van der Waals surface area (Å²) < 4.78 is 5.35. The van der Waals surface area contributed by atoms with Crippen LogP contribution in [0.4, 0.5) is 0 Å². The smallest absolute Gasteiger partial charge is 0.231 e. The largest absolute Gasteiger partial charge is 0.384 e. The minimum atomic E-state index is -0.363. The van der Waals surface area contributed by atoms with Crippen molar-refractivity contribution in [3.05, 3.63) is 35.4 Å². The first-order valence-corrected chi connectivity index (χ1v) is 7.58. The molecule has 0 saturated carbocycles. The van der Waals surface area contributed by atoms with E-state index in [0.717, 1.165) is 25.9 Å². The number of piperidine rings is 1. The summed E-state index contributed by atoms with van der Waals surface area (Å²) in [5.74, 6) is 0.201.